The predicted octanol–water partition coefficient (Wildman–Crippen LogP) is 5.56. The van der Waals surface area contributed by atoms with Crippen LogP contribution in [0.25, 0.3) is 0 Å². The minimum atomic E-state index is -3.71. The molecule has 2 aliphatic carbocycles. The molecule has 1 saturated carbocycles. The van der Waals surface area contributed by atoms with Crippen LogP contribution in [0.15, 0.2) is 48.1 Å². The molecule has 0 aromatic carbocycles. The molecule has 5 rings (SSSR count). The molecule has 1 amide bonds. The summed E-state index contributed by atoms with van der Waals surface area (Å²) >= 11 is 0. The molecule has 8 heteroatoms. The summed E-state index contributed by atoms with van der Waals surface area (Å²) in [6.07, 6.45) is 16.6. The zero-order valence-corrected chi connectivity index (χ0v) is 23.4. The molecular formula is C30H41N3O4S. The first-order chi connectivity index (χ1) is 18.3. The molecule has 0 radical (unpaired) electrons. The van der Waals surface area contributed by atoms with Gasteiger partial charge in [-0.25, -0.2) is 18.1 Å². The average Bonchev–Trinajstić information content (AvgIpc) is 3.03. The van der Waals surface area contributed by atoms with E-state index in [2.05, 4.69) is 28.4 Å². The summed E-state index contributed by atoms with van der Waals surface area (Å²) in [5.74, 6) is 1.85. The van der Waals surface area contributed by atoms with Gasteiger partial charge in [0.2, 0.25) is 10.0 Å². The number of hydrogen-bond donors (Lipinski definition) is 1. The molecule has 1 aromatic heterocycles. The summed E-state index contributed by atoms with van der Waals surface area (Å²) in [7, 11) is -3.71. The van der Waals surface area contributed by atoms with Crippen LogP contribution in [-0.4, -0.2) is 44.8 Å². The number of anilines is 1. The lowest BCUT2D eigenvalue weighted by Crippen LogP contribution is -2.46. The molecule has 3 heterocycles. The summed E-state index contributed by atoms with van der Waals surface area (Å²) in [5.41, 5.74) is 2.46. The predicted molar refractivity (Wildman–Crippen MR) is 151 cm³/mol. The first-order valence-corrected chi connectivity index (χ1v) is 15.9. The lowest BCUT2D eigenvalue weighted by Gasteiger charge is -2.44. The fraction of sp³-hybridized carbons (Fsp3) is 0.600. The first-order valence-electron chi connectivity index (χ1n) is 14.3. The molecule has 1 spiro atoms. The Morgan fingerprint density at radius 3 is 2.71 bits per heavy atom. The fourth-order valence-electron chi connectivity index (χ4n) is 6.80. The third-order valence-electron chi connectivity index (χ3n) is 8.98. The van der Waals surface area contributed by atoms with Gasteiger partial charge in [0.05, 0.1) is 12.4 Å². The van der Waals surface area contributed by atoms with Crippen molar-refractivity contribution in [2.24, 2.45) is 17.3 Å². The van der Waals surface area contributed by atoms with Crippen molar-refractivity contribution in [2.45, 2.75) is 71.1 Å². The zero-order valence-electron chi connectivity index (χ0n) is 22.6. The van der Waals surface area contributed by atoms with Crippen LogP contribution in [0.4, 0.5) is 5.82 Å². The van der Waals surface area contributed by atoms with Crippen molar-refractivity contribution in [2.75, 3.05) is 30.3 Å². The summed E-state index contributed by atoms with van der Waals surface area (Å²) in [6, 6.07) is 3.36. The van der Waals surface area contributed by atoms with Crippen molar-refractivity contribution in [3.05, 3.63) is 53.8 Å². The van der Waals surface area contributed by atoms with E-state index < -0.39 is 15.9 Å². The van der Waals surface area contributed by atoms with Gasteiger partial charge in [-0.15, -0.1) is 0 Å². The maximum atomic E-state index is 13.0. The number of sulfonamides is 1. The standard InChI is InChI=1S/C30H41N3O4S/c1-3-10-25-22(4-2)12-9-17-30(25)20-33-19-24-14-13-23(24)11-7-5-6-8-18-38(35,36)32-29(34)26-15-16-27(37-21-30)28(33)31-26/h3-4,10,15-16,23-24H,2,5-9,11-14,17-21H2,1H3,(H,32,34)/b10-3-. The molecular weight excluding hydrogens is 498 g/mol. The SMILES string of the molecule is C=CC1=C(/C=C\C)C2(CCC1)COc1ccc3nc1N(CC1CCC1CCCCCCS(=O)(=O)NC3=O)C2. The lowest BCUT2D eigenvalue weighted by molar-refractivity contribution is 0.0976. The van der Waals surface area contributed by atoms with E-state index in [1.807, 2.05) is 13.0 Å². The Morgan fingerprint density at radius 1 is 1.13 bits per heavy atom. The number of fused-ring (bicyclic) bond motifs is 2. The van der Waals surface area contributed by atoms with Gasteiger partial charge in [-0.1, -0.05) is 50.5 Å². The molecule has 1 fully saturated rings. The summed E-state index contributed by atoms with van der Waals surface area (Å²) in [4.78, 5) is 20.1. The molecule has 2 aliphatic heterocycles. The number of carbonyl (C=O) groups is 1. The number of hydrogen-bond acceptors (Lipinski definition) is 6. The zero-order chi connectivity index (χ0) is 26.8. The molecule has 3 unspecified atom stereocenters. The van der Waals surface area contributed by atoms with Gasteiger partial charge in [-0.05, 0) is 80.6 Å². The monoisotopic (exact) mass is 539 g/mol. The van der Waals surface area contributed by atoms with Crippen molar-refractivity contribution in [1.29, 1.82) is 0 Å². The van der Waals surface area contributed by atoms with Crippen molar-refractivity contribution in [3.8, 4) is 5.75 Å². The van der Waals surface area contributed by atoms with Crippen LogP contribution in [0.2, 0.25) is 0 Å². The van der Waals surface area contributed by atoms with E-state index in [0.717, 1.165) is 51.6 Å². The summed E-state index contributed by atoms with van der Waals surface area (Å²) in [5, 5.41) is 0. The van der Waals surface area contributed by atoms with Gasteiger partial charge in [-0.3, -0.25) is 4.79 Å². The highest BCUT2D eigenvalue weighted by Gasteiger charge is 2.44. The topological polar surface area (TPSA) is 88.6 Å². The molecule has 3 atom stereocenters. The van der Waals surface area contributed by atoms with Crippen LogP contribution in [0.5, 0.6) is 5.75 Å². The quantitative estimate of drug-likeness (QED) is 0.529. The average molecular weight is 540 g/mol. The third-order valence-corrected chi connectivity index (χ3v) is 10.3. The second-order valence-corrected chi connectivity index (χ2v) is 13.4. The Labute approximate surface area is 227 Å². The van der Waals surface area contributed by atoms with Crippen molar-refractivity contribution in [3.63, 3.8) is 0 Å². The van der Waals surface area contributed by atoms with E-state index in [9.17, 15) is 13.2 Å². The second kappa shape index (κ2) is 11.2. The van der Waals surface area contributed by atoms with Gasteiger partial charge in [0.15, 0.2) is 11.6 Å². The number of nitrogens with zero attached hydrogens (tertiary/aromatic N) is 2. The Morgan fingerprint density at radius 2 is 1.95 bits per heavy atom. The smallest absolute Gasteiger partial charge is 0.283 e. The van der Waals surface area contributed by atoms with E-state index in [-0.39, 0.29) is 16.9 Å². The molecule has 1 N–H and O–H groups in total. The van der Waals surface area contributed by atoms with Crippen molar-refractivity contribution in [1.82, 2.24) is 9.71 Å². The first kappa shape index (κ1) is 27.0. The molecule has 2 bridgehead atoms. The Kier molecular flexibility index (Phi) is 7.98. The van der Waals surface area contributed by atoms with E-state index in [1.165, 1.54) is 30.4 Å². The fourth-order valence-corrected chi connectivity index (χ4v) is 7.87. The number of allylic oxidation sites excluding steroid dienone is 4. The number of aromatic nitrogens is 1. The third kappa shape index (κ3) is 5.56. The van der Waals surface area contributed by atoms with Crippen molar-refractivity contribution < 1.29 is 17.9 Å². The normalized spacial score (nSPS) is 30.1. The lowest BCUT2D eigenvalue weighted by atomic mass is 9.68. The van der Waals surface area contributed by atoms with Crippen LogP contribution >= 0.6 is 0 Å². The molecule has 1 aromatic rings. The van der Waals surface area contributed by atoms with Crippen LogP contribution < -0.4 is 14.4 Å². The van der Waals surface area contributed by atoms with E-state index in [0.29, 0.717) is 36.4 Å². The van der Waals surface area contributed by atoms with Gasteiger partial charge in [0.25, 0.3) is 5.91 Å². The number of nitrogens with one attached hydrogen (secondary N) is 1. The van der Waals surface area contributed by atoms with Gasteiger partial charge in [-0.2, -0.15) is 0 Å². The number of pyridine rings is 1. The minimum absolute atomic E-state index is 0.0425. The molecule has 38 heavy (non-hydrogen) atoms. The Hall–Kier alpha value is -2.61. The van der Waals surface area contributed by atoms with Gasteiger partial charge < -0.3 is 9.64 Å². The van der Waals surface area contributed by atoms with E-state index in [4.69, 9.17) is 9.72 Å². The Balaban J connectivity index is 1.56. The van der Waals surface area contributed by atoms with E-state index >= 15 is 0 Å². The molecule has 4 aliphatic rings. The molecule has 0 saturated heterocycles. The number of ether oxygens (including phenoxy) is 1. The highest BCUT2D eigenvalue weighted by Crippen LogP contribution is 2.48. The molecule has 206 valence electrons. The van der Waals surface area contributed by atoms with E-state index in [1.54, 1.807) is 12.1 Å². The maximum Gasteiger partial charge on any atom is 0.283 e. The number of rotatable bonds is 2. The Bertz CT molecular complexity index is 1240. The maximum absolute atomic E-state index is 13.0. The summed E-state index contributed by atoms with van der Waals surface area (Å²) < 4.78 is 33.9. The highest BCUT2D eigenvalue weighted by atomic mass is 32.2. The van der Waals surface area contributed by atoms with Gasteiger partial charge in [0.1, 0.15) is 5.69 Å². The van der Waals surface area contributed by atoms with Crippen LogP contribution in [0.3, 0.4) is 0 Å². The summed E-state index contributed by atoms with van der Waals surface area (Å²) in [6.45, 7) is 8.30. The van der Waals surface area contributed by atoms with Gasteiger partial charge >= 0.3 is 0 Å². The van der Waals surface area contributed by atoms with Crippen molar-refractivity contribution >= 4 is 21.7 Å². The minimum Gasteiger partial charge on any atom is -0.489 e. The number of amides is 1. The molecule has 7 nitrogen and oxygen atoms in total. The van der Waals surface area contributed by atoms with Crippen LogP contribution in [0, 0.1) is 17.3 Å². The van der Waals surface area contributed by atoms with Crippen LogP contribution in [0.1, 0.15) is 81.6 Å². The van der Waals surface area contributed by atoms with Gasteiger partial charge in [0, 0.05) is 18.5 Å². The van der Waals surface area contributed by atoms with Crippen LogP contribution in [-0.2, 0) is 10.0 Å². The highest BCUT2D eigenvalue weighted by molar-refractivity contribution is 7.90. The second-order valence-electron chi connectivity index (χ2n) is 11.5. The number of carbonyl (C=O) groups excluding carboxylic acids is 1. The largest absolute Gasteiger partial charge is 0.489 e.